The van der Waals surface area contributed by atoms with Gasteiger partial charge in [-0.25, -0.2) is 8.42 Å². The Morgan fingerprint density at radius 3 is 2.24 bits per heavy atom. The number of carbonyl (C=O) groups is 2. The average Bonchev–Trinajstić information content (AvgIpc) is 3.06. The van der Waals surface area contributed by atoms with Crippen LogP contribution >= 0.6 is 0 Å². The highest BCUT2D eigenvalue weighted by molar-refractivity contribution is 7.92. The van der Waals surface area contributed by atoms with Crippen LogP contribution in [0.2, 0.25) is 0 Å². The number of hydrogen-bond donors (Lipinski definition) is 1. The van der Waals surface area contributed by atoms with E-state index >= 15 is 0 Å². The van der Waals surface area contributed by atoms with E-state index < -0.39 is 28.5 Å². The second-order valence-corrected chi connectivity index (χ2v) is 13.3. The summed E-state index contributed by atoms with van der Waals surface area (Å²) >= 11 is 0. The van der Waals surface area contributed by atoms with Gasteiger partial charge in [-0.1, -0.05) is 74.2 Å². The zero-order valence-corrected chi connectivity index (χ0v) is 27.5. The van der Waals surface area contributed by atoms with Gasteiger partial charge in [0.2, 0.25) is 11.8 Å². The van der Waals surface area contributed by atoms with Crippen molar-refractivity contribution in [3.8, 4) is 11.5 Å². The number of rotatable bonds is 14. The van der Waals surface area contributed by atoms with Gasteiger partial charge in [0, 0.05) is 18.7 Å². The maximum absolute atomic E-state index is 14.4. The van der Waals surface area contributed by atoms with Crippen LogP contribution in [0.1, 0.15) is 56.6 Å². The molecule has 0 unspecified atom stereocenters. The van der Waals surface area contributed by atoms with Crippen LogP contribution in [-0.2, 0) is 26.0 Å². The first-order valence-corrected chi connectivity index (χ1v) is 17.1. The van der Waals surface area contributed by atoms with Crippen molar-refractivity contribution in [2.45, 2.75) is 75.8 Å². The minimum Gasteiger partial charge on any atom is -0.497 e. The molecular formula is C35H45N3O6S. The first kappa shape index (κ1) is 33.8. The maximum atomic E-state index is 14.4. The number of amides is 2. The zero-order valence-electron chi connectivity index (χ0n) is 26.7. The second kappa shape index (κ2) is 15.8. The van der Waals surface area contributed by atoms with Gasteiger partial charge in [0.05, 0.1) is 24.8 Å². The predicted octanol–water partition coefficient (Wildman–Crippen LogP) is 5.51. The fraction of sp³-hybridized carbons (Fsp3) is 0.429. The van der Waals surface area contributed by atoms with Gasteiger partial charge in [-0.15, -0.1) is 0 Å². The third-order valence-electron chi connectivity index (χ3n) is 8.36. The largest absolute Gasteiger partial charge is 0.497 e. The van der Waals surface area contributed by atoms with E-state index in [0.717, 1.165) is 47.5 Å². The summed E-state index contributed by atoms with van der Waals surface area (Å²) in [5, 5.41) is 3.18. The van der Waals surface area contributed by atoms with Crippen LogP contribution in [-0.4, -0.2) is 64.5 Å². The van der Waals surface area contributed by atoms with E-state index in [1.807, 2.05) is 44.2 Å². The highest BCUT2D eigenvalue weighted by Gasteiger charge is 2.35. The van der Waals surface area contributed by atoms with E-state index in [9.17, 15) is 18.0 Å². The summed E-state index contributed by atoms with van der Waals surface area (Å²) in [4.78, 5) is 29.7. The minimum absolute atomic E-state index is 0.0312. The first-order valence-electron chi connectivity index (χ1n) is 15.6. The molecule has 3 aromatic rings. The minimum atomic E-state index is -4.25. The molecule has 0 radical (unpaired) electrons. The van der Waals surface area contributed by atoms with E-state index in [0.29, 0.717) is 18.6 Å². The third-order valence-corrected chi connectivity index (χ3v) is 10.1. The van der Waals surface area contributed by atoms with Crippen LogP contribution in [0, 0.1) is 6.92 Å². The molecule has 1 atom stereocenters. The third kappa shape index (κ3) is 8.57. The summed E-state index contributed by atoms with van der Waals surface area (Å²) in [7, 11) is -1.32. The number of aryl methyl sites for hydroxylation is 1. The molecule has 1 saturated carbocycles. The molecule has 0 spiro atoms. The molecule has 0 bridgehead atoms. The number of methoxy groups -OCH3 is 2. The Balaban J connectivity index is 1.73. The molecule has 0 saturated heterocycles. The number of hydrogen-bond acceptors (Lipinski definition) is 6. The first-order chi connectivity index (χ1) is 21.7. The van der Waals surface area contributed by atoms with Gasteiger partial charge < -0.3 is 19.7 Å². The fourth-order valence-corrected chi connectivity index (χ4v) is 7.20. The van der Waals surface area contributed by atoms with Crippen molar-refractivity contribution in [3.05, 3.63) is 83.9 Å². The molecule has 0 aliphatic heterocycles. The molecule has 45 heavy (non-hydrogen) atoms. The summed E-state index contributed by atoms with van der Waals surface area (Å²) in [5.74, 6) is -0.0337. The molecule has 1 aliphatic carbocycles. The van der Waals surface area contributed by atoms with Crippen molar-refractivity contribution in [2.75, 3.05) is 31.6 Å². The summed E-state index contributed by atoms with van der Waals surface area (Å²) in [5.41, 5.74) is 2.07. The number of nitrogens with zero attached hydrogens (tertiary/aromatic N) is 2. The van der Waals surface area contributed by atoms with Crippen LogP contribution in [0.5, 0.6) is 11.5 Å². The molecule has 1 aliphatic rings. The molecule has 3 aromatic carbocycles. The van der Waals surface area contributed by atoms with Crippen LogP contribution in [0.25, 0.3) is 0 Å². The predicted molar refractivity (Wildman–Crippen MR) is 176 cm³/mol. The quantitative estimate of drug-likeness (QED) is 0.251. The van der Waals surface area contributed by atoms with Crippen molar-refractivity contribution < 1.29 is 27.5 Å². The van der Waals surface area contributed by atoms with E-state index in [1.165, 1.54) is 31.3 Å². The van der Waals surface area contributed by atoms with Gasteiger partial charge in [-0.2, -0.15) is 0 Å². The lowest BCUT2D eigenvalue weighted by Crippen LogP contribution is -2.54. The Morgan fingerprint density at radius 1 is 0.933 bits per heavy atom. The van der Waals surface area contributed by atoms with Crippen molar-refractivity contribution in [1.82, 2.24) is 10.2 Å². The zero-order chi connectivity index (χ0) is 32.4. The van der Waals surface area contributed by atoms with E-state index in [2.05, 4.69) is 5.32 Å². The normalized spacial score (nSPS) is 14.3. The van der Waals surface area contributed by atoms with Crippen LogP contribution in [0.3, 0.4) is 0 Å². The van der Waals surface area contributed by atoms with Crippen LogP contribution in [0.15, 0.2) is 77.7 Å². The number of anilines is 1. The molecule has 1 fully saturated rings. The Morgan fingerprint density at radius 2 is 1.62 bits per heavy atom. The SMILES string of the molecule is CC[C@H](C(=O)NC1CCCCC1)N(CCc1ccccc1)C(=O)CN(c1cc(OC)ccc1OC)S(=O)(=O)c1ccc(C)cc1. The number of sulfonamides is 1. The maximum Gasteiger partial charge on any atom is 0.264 e. The standard InChI is InChI=1S/C35H45N3O6S/c1-5-31(35(40)36-28-14-10-7-11-15-28)37(23-22-27-12-8-6-9-13-27)34(39)25-38(32-24-29(43-3)18-21-33(32)44-4)45(41,42)30-19-16-26(2)17-20-30/h6,8-9,12-13,16-21,24,28,31H,5,7,10-11,14-15,22-23,25H2,1-4H3,(H,36,40)/t31-/m1/s1. The summed E-state index contributed by atoms with van der Waals surface area (Å²) in [6, 6.07) is 20.3. The van der Waals surface area contributed by atoms with Crippen molar-refractivity contribution >= 4 is 27.5 Å². The lowest BCUT2D eigenvalue weighted by Gasteiger charge is -2.34. The van der Waals surface area contributed by atoms with E-state index in [-0.39, 0.29) is 34.8 Å². The summed E-state index contributed by atoms with van der Waals surface area (Å²) < 4.78 is 40.6. The lowest BCUT2D eigenvalue weighted by molar-refractivity contribution is -0.140. The van der Waals surface area contributed by atoms with E-state index in [4.69, 9.17) is 9.47 Å². The number of nitrogens with one attached hydrogen (secondary N) is 1. The molecule has 9 nitrogen and oxygen atoms in total. The number of carbonyl (C=O) groups excluding carboxylic acids is 2. The topological polar surface area (TPSA) is 105 Å². The molecular weight excluding hydrogens is 590 g/mol. The molecule has 242 valence electrons. The van der Waals surface area contributed by atoms with Gasteiger partial charge in [-0.3, -0.25) is 13.9 Å². The van der Waals surface area contributed by atoms with Gasteiger partial charge in [-0.05, 0) is 62.4 Å². The fourth-order valence-electron chi connectivity index (χ4n) is 5.78. The highest BCUT2D eigenvalue weighted by atomic mass is 32.2. The second-order valence-electron chi connectivity index (χ2n) is 11.5. The van der Waals surface area contributed by atoms with Crippen molar-refractivity contribution in [2.24, 2.45) is 0 Å². The Labute approximate surface area is 267 Å². The monoisotopic (exact) mass is 635 g/mol. The van der Waals surface area contributed by atoms with Crippen LogP contribution in [0.4, 0.5) is 5.69 Å². The van der Waals surface area contributed by atoms with Gasteiger partial charge in [0.15, 0.2) is 0 Å². The molecule has 0 aromatic heterocycles. The van der Waals surface area contributed by atoms with Crippen molar-refractivity contribution in [3.63, 3.8) is 0 Å². The Kier molecular flexibility index (Phi) is 11.9. The molecule has 1 N–H and O–H groups in total. The lowest BCUT2D eigenvalue weighted by atomic mass is 9.95. The Hall–Kier alpha value is -4.05. The molecule has 0 heterocycles. The molecule has 10 heteroatoms. The Bertz CT molecular complexity index is 1520. The van der Waals surface area contributed by atoms with Crippen molar-refractivity contribution in [1.29, 1.82) is 0 Å². The number of benzene rings is 3. The average molecular weight is 636 g/mol. The van der Waals surface area contributed by atoms with Gasteiger partial charge >= 0.3 is 0 Å². The molecule has 2 amide bonds. The van der Waals surface area contributed by atoms with E-state index in [1.54, 1.807) is 30.3 Å². The smallest absolute Gasteiger partial charge is 0.264 e. The summed E-state index contributed by atoms with van der Waals surface area (Å²) in [6.07, 6.45) is 6.00. The van der Waals surface area contributed by atoms with Crippen LogP contribution < -0.4 is 19.1 Å². The van der Waals surface area contributed by atoms with Gasteiger partial charge in [0.25, 0.3) is 10.0 Å². The number of ether oxygens (including phenoxy) is 2. The highest BCUT2D eigenvalue weighted by Crippen LogP contribution is 2.36. The summed E-state index contributed by atoms with van der Waals surface area (Å²) in [6.45, 7) is 3.45. The molecule has 4 rings (SSSR count). The van der Waals surface area contributed by atoms with Gasteiger partial charge in [0.1, 0.15) is 24.1 Å².